The number of hydrogen-bond acceptors (Lipinski definition) is 2. The van der Waals surface area contributed by atoms with Crippen molar-refractivity contribution in [2.24, 2.45) is 5.73 Å². The monoisotopic (exact) mass is 276 g/mol. The van der Waals surface area contributed by atoms with Crippen LogP contribution in [0, 0.1) is 0 Å². The fourth-order valence-corrected chi connectivity index (χ4v) is 1.99. The number of benzene rings is 1. The number of carbonyl (C=O) groups excluding carboxylic acids is 1. The van der Waals surface area contributed by atoms with Crippen molar-refractivity contribution in [1.82, 2.24) is 4.90 Å². The molecule has 3 nitrogen and oxygen atoms in total. The Morgan fingerprint density at radius 1 is 1.25 bits per heavy atom. The average Bonchev–Trinajstić information content (AvgIpc) is 2.35. The number of hydrogen-bond donors (Lipinski definition) is 1. The van der Waals surface area contributed by atoms with Crippen molar-refractivity contribution in [2.45, 2.75) is 58.5 Å². The van der Waals surface area contributed by atoms with Crippen LogP contribution in [0.5, 0.6) is 0 Å². The molecular formula is C17H28N2O. The zero-order valence-corrected chi connectivity index (χ0v) is 13.4. The van der Waals surface area contributed by atoms with E-state index in [4.69, 9.17) is 5.73 Å². The standard InChI is InChI=1S/C17H28N2O/c1-13(2)15-8-6-14(7-9-15)12-19(5)16(20)10-11-17(3,4)18/h6-9,13H,10-12,18H2,1-5H3. The molecule has 0 aromatic heterocycles. The van der Waals surface area contributed by atoms with Crippen LogP contribution in [0.2, 0.25) is 0 Å². The summed E-state index contributed by atoms with van der Waals surface area (Å²) in [4.78, 5) is 13.8. The molecule has 0 atom stereocenters. The number of amides is 1. The first kappa shape index (κ1) is 16.7. The summed E-state index contributed by atoms with van der Waals surface area (Å²) >= 11 is 0. The van der Waals surface area contributed by atoms with Gasteiger partial charge >= 0.3 is 0 Å². The second-order valence-electron chi connectivity index (χ2n) is 6.63. The highest BCUT2D eigenvalue weighted by Gasteiger charge is 2.15. The van der Waals surface area contributed by atoms with E-state index < -0.39 is 0 Å². The highest BCUT2D eigenvalue weighted by molar-refractivity contribution is 5.75. The molecule has 2 N–H and O–H groups in total. The molecule has 1 aromatic carbocycles. The Balaban J connectivity index is 2.53. The van der Waals surface area contributed by atoms with Gasteiger partial charge in [0, 0.05) is 25.6 Å². The minimum atomic E-state index is -0.282. The van der Waals surface area contributed by atoms with Crippen molar-refractivity contribution in [3.63, 3.8) is 0 Å². The second-order valence-corrected chi connectivity index (χ2v) is 6.63. The summed E-state index contributed by atoms with van der Waals surface area (Å²) in [5.41, 5.74) is 8.12. The van der Waals surface area contributed by atoms with E-state index >= 15 is 0 Å². The van der Waals surface area contributed by atoms with Gasteiger partial charge in [-0.1, -0.05) is 38.1 Å². The van der Waals surface area contributed by atoms with Crippen LogP contribution in [0.25, 0.3) is 0 Å². The fourth-order valence-electron chi connectivity index (χ4n) is 1.99. The van der Waals surface area contributed by atoms with Crippen LogP contribution in [0.1, 0.15) is 57.6 Å². The van der Waals surface area contributed by atoms with Crippen molar-refractivity contribution < 1.29 is 4.79 Å². The molecule has 0 saturated carbocycles. The minimum absolute atomic E-state index is 0.150. The van der Waals surface area contributed by atoms with Crippen LogP contribution >= 0.6 is 0 Å². The lowest BCUT2D eigenvalue weighted by Gasteiger charge is -2.22. The molecular weight excluding hydrogens is 248 g/mol. The van der Waals surface area contributed by atoms with E-state index in [9.17, 15) is 4.79 Å². The van der Waals surface area contributed by atoms with E-state index in [1.54, 1.807) is 4.90 Å². The average molecular weight is 276 g/mol. The summed E-state index contributed by atoms with van der Waals surface area (Å²) in [5.74, 6) is 0.687. The predicted molar refractivity (Wildman–Crippen MR) is 84.5 cm³/mol. The Labute approximate surface area is 123 Å². The Bertz CT molecular complexity index is 429. The van der Waals surface area contributed by atoms with Gasteiger partial charge in [-0.25, -0.2) is 0 Å². The molecule has 0 aliphatic heterocycles. The summed E-state index contributed by atoms with van der Waals surface area (Å²) in [6, 6.07) is 8.49. The summed E-state index contributed by atoms with van der Waals surface area (Å²) in [5, 5.41) is 0. The molecule has 0 bridgehead atoms. The maximum Gasteiger partial charge on any atom is 0.222 e. The highest BCUT2D eigenvalue weighted by Crippen LogP contribution is 2.16. The summed E-state index contributed by atoms with van der Waals surface area (Å²) in [7, 11) is 1.85. The van der Waals surface area contributed by atoms with Gasteiger partial charge in [-0.05, 0) is 37.3 Å². The van der Waals surface area contributed by atoms with Crippen LogP contribution < -0.4 is 5.73 Å². The van der Waals surface area contributed by atoms with Crippen molar-refractivity contribution >= 4 is 5.91 Å². The summed E-state index contributed by atoms with van der Waals surface area (Å²) < 4.78 is 0. The van der Waals surface area contributed by atoms with Crippen molar-refractivity contribution in [1.29, 1.82) is 0 Å². The van der Waals surface area contributed by atoms with Crippen molar-refractivity contribution in [3.8, 4) is 0 Å². The Kier molecular flexibility index (Phi) is 5.75. The van der Waals surface area contributed by atoms with Crippen molar-refractivity contribution in [2.75, 3.05) is 7.05 Å². The fraction of sp³-hybridized carbons (Fsp3) is 0.588. The van der Waals surface area contributed by atoms with E-state index in [1.165, 1.54) is 5.56 Å². The molecule has 0 unspecified atom stereocenters. The minimum Gasteiger partial charge on any atom is -0.341 e. The van der Waals surface area contributed by atoms with Crippen LogP contribution in [0.3, 0.4) is 0 Å². The molecule has 0 spiro atoms. The van der Waals surface area contributed by atoms with Crippen LogP contribution in [-0.4, -0.2) is 23.4 Å². The SMILES string of the molecule is CC(C)c1ccc(CN(C)C(=O)CCC(C)(C)N)cc1. The molecule has 20 heavy (non-hydrogen) atoms. The lowest BCUT2D eigenvalue weighted by molar-refractivity contribution is -0.130. The third-order valence-corrected chi connectivity index (χ3v) is 3.48. The maximum absolute atomic E-state index is 12.0. The second kappa shape index (κ2) is 6.89. The first-order valence-electron chi connectivity index (χ1n) is 7.31. The first-order chi connectivity index (χ1) is 9.19. The van der Waals surface area contributed by atoms with Gasteiger partial charge < -0.3 is 10.6 Å². The van der Waals surface area contributed by atoms with Gasteiger partial charge in [0.15, 0.2) is 0 Å². The predicted octanol–water partition coefficient (Wildman–Crippen LogP) is 3.29. The lowest BCUT2D eigenvalue weighted by Crippen LogP contribution is -2.34. The van der Waals surface area contributed by atoms with Gasteiger partial charge in [-0.2, -0.15) is 0 Å². The molecule has 0 fully saturated rings. The van der Waals surface area contributed by atoms with Gasteiger partial charge in [0.1, 0.15) is 0 Å². The quantitative estimate of drug-likeness (QED) is 0.866. The number of carbonyl (C=O) groups is 1. The van der Waals surface area contributed by atoms with Gasteiger partial charge in [0.05, 0.1) is 0 Å². The van der Waals surface area contributed by atoms with E-state index in [2.05, 4.69) is 38.1 Å². The van der Waals surface area contributed by atoms with Gasteiger partial charge in [0.25, 0.3) is 0 Å². The van der Waals surface area contributed by atoms with Crippen LogP contribution in [-0.2, 0) is 11.3 Å². The molecule has 0 saturated heterocycles. The Morgan fingerprint density at radius 2 is 1.80 bits per heavy atom. The van der Waals surface area contributed by atoms with Crippen molar-refractivity contribution in [3.05, 3.63) is 35.4 Å². The van der Waals surface area contributed by atoms with Crippen LogP contribution in [0.4, 0.5) is 0 Å². The third-order valence-electron chi connectivity index (χ3n) is 3.48. The third kappa shape index (κ3) is 5.74. The molecule has 1 amide bonds. The van der Waals surface area contributed by atoms with E-state index in [1.807, 2.05) is 20.9 Å². The number of nitrogens with zero attached hydrogens (tertiary/aromatic N) is 1. The smallest absolute Gasteiger partial charge is 0.222 e. The molecule has 0 heterocycles. The topological polar surface area (TPSA) is 46.3 Å². The van der Waals surface area contributed by atoms with Crippen LogP contribution in [0.15, 0.2) is 24.3 Å². The Hall–Kier alpha value is -1.35. The molecule has 1 rings (SSSR count). The summed E-state index contributed by atoms with van der Waals surface area (Å²) in [6.07, 6.45) is 1.21. The van der Waals surface area contributed by atoms with E-state index in [0.717, 1.165) is 5.56 Å². The van der Waals surface area contributed by atoms with Gasteiger partial charge in [0.2, 0.25) is 5.91 Å². The van der Waals surface area contributed by atoms with Gasteiger partial charge in [-0.15, -0.1) is 0 Å². The normalized spacial score (nSPS) is 11.8. The van der Waals surface area contributed by atoms with E-state index in [-0.39, 0.29) is 11.4 Å². The molecule has 3 heteroatoms. The molecule has 0 radical (unpaired) electrons. The highest BCUT2D eigenvalue weighted by atomic mass is 16.2. The lowest BCUT2D eigenvalue weighted by atomic mass is 9.99. The molecule has 112 valence electrons. The molecule has 0 aliphatic rings. The first-order valence-corrected chi connectivity index (χ1v) is 7.31. The molecule has 0 aliphatic carbocycles. The molecule has 1 aromatic rings. The largest absolute Gasteiger partial charge is 0.341 e. The maximum atomic E-state index is 12.0. The zero-order valence-electron chi connectivity index (χ0n) is 13.4. The number of nitrogens with two attached hydrogens (primary N) is 1. The summed E-state index contributed by atoms with van der Waals surface area (Å²) in [6.45, 7) is 8.91. The van der Waals surface area contributed by atoms with E-state index in [0.29, 0.717) is 25.3 Å². The Morgan fingerprint density at radius 3 is 2.25 bits per heavy atom. The zero-order chi connectivity index (χ0) is 15.3. The van der Waals surface area contributed by atoms with Gasteiger partial charge in [-0.3, -0.25) is 4.79 Å². The number of rotatable bonds is 6.